The van der Waals surface area contributed by atoms with E-state index >= 15 is 0 Å². The Morgan fingerprint density at radius 1 is 0.307 bits per heavy atom. The van der Waals surface area contributed by atoms with Gasteiger partial charge in [0.2, 0.25) is 0 Å². The molecule has 0 atom stereocenters. The van der Waals surface area contributed by atoms with Crippen molar-refractivity contribution in [3.8, 4) is 84.8 Å². The number of aromatic hydroxyl groups is 1. The molecule has 0 amide bonds. The molecule has 0 bridgehead atoms. The van der Waals surface area contributed by atoms with Crippen molar-refractivity contribution in [1.82, 2.24) is 29.9 Å². The van der Waals surface area contributed by atoms with Gasteiger partial charge in [-0.25, -0.2) is 19.9 Å². The predicted molar refractivity (Wildman–Crippen MR) is 499 cm³/mol. The summed E-state index contributed by atoms with van der Waals surface area (Å²) in [5.74, 6) is 3.66. The zero-order valence-electron chi connectivity index (χ0n) is 70.8. The first-order chi connectivity index (χ1) is 55.6. The number of alkyl halides is 1. The first-order valence-electron chi connectivity index (χ1n) is 44.4. The van der Waals surface area contributed by atoms with Crippen molar-refractivity contribution in [1.29, 1.82) is 0 Å². The second-order valence-corrected chi connectivity index (χ2v) is 43.5. The van der Waals surface area contributed by atoms with E-state index in [1.807, 2.05) is 36.7 Å². The van der Waals surface area contributed by atoms with Gasteiger partial charge < -0.3 is 9.84 Å². The number of hydrogen-bond acceptors (Lipinski definition) is 9. The predicted octanol–water partition coefficient (Wildman–Crippen LogP) is 31.7. The maximum absolute atomic E-state index is 9.30. The van der Waals surface area contributed by atoms with Crippen LogP contribution in [0.15, 0.2) is 208 Å². The average molecular weight is 1670 g/mol. The van der Waals surface area contributed by atoms with Crippen molar-refractivity contribution < 1.29 is 14.6 Å². The van der Waals surface area contributed by atoms with E-state index < -0.39 is 13.3 Å². The molecular formula is C103H147BrGeN6O3. The summed E-state index contributed by atoms with van der Waals surface area (Å²) in [6.07, 6.45) is 61.9. The zero-order valence-corrected chi connectivity index (χ0v) is 74.5. The van der Waals surface area contributed by atoms with Crippen LogP contribution >= 0.6 is 15.9 Å². The van der Waals surface area contributed by atoms with Crippen molar-refractivity contribution in [2.75, 3.05) is 18.5 Å². The molecule has 3 aromatic heterocycles. The normalized spacial score (nSPS) is 10.9. The van der Waals surface area contributed by atoms with Crippen LogP contribution in [-0.2, 0) is 19.3 Å². The SMILES string of the molecule is C.C=CCCCCCCBr.C=CCCCCCCOc1cnc(-c2ccc(-c3ccc(CCCCCCCC)cc3)cc2)nc1.CCCCCCCCc1ccc(-c2ccc(-c3ncc(O)cn3)cc2)cc1.CCCCCCCCc1ccc(-c2ccc(-c3ncc(OCCCCCCC[CH2][Ge]([CH2]C)([CH2]C)[CH2]C)cn3)cc2)cc1. The molecule has 0 saturated heterocycles. The summed E-state index contributed by atoms with van der Waals surface area (Å²) in [5, 5.41) is 16.6. The number of halogens is 1. The average Bonchev–Trinajstić information content (AvgIpc) is 0.844. The molecule has 9 rings (SSSR count). The van der Waals surface area contributed by atoms with Crippen molar-refractivity contribution in [2.45, 2.75) is 308 Å². The fourth-order valence-corrected chi connectivity index (χ4v) is 22.2. The van der Waals surface area contributed by atoms with Gasteiger partial charge in [0.05, 0.1) is 31.4 Å². The molecule has 9 aromatic rings. The Bertz CT molecular complexity index is 3800. The number of allylic oxidation sites excluding steroid dienone is 2. The third-order valence-corrected chi connectivity index (χ3v) is 35.1. The van der Waals surface area contributed by atoms with Gasteiger partial charge in [-0.2, -0.15) is 0 Å². The van der Waals surface area contributed by atoms with E-state index in [9.17, 15) is 5.11 Å². The Morgan fingerprint density at radius 3 is 0.842 bits per heavy atom. The van der Waals surface area contributed by atoms with Crippen molar-refractivity contribution in [3.05, 3.63) is 225 Å². The summed E-state index contributed by atoms with van der Waals surface area (Å²) in [7, 11) is 0. The third-order valence-electron chi connectivity index (χ3n) is 22.1. The molecule has 0 aliphatic rings. The summed E-state index contributed by atoms with van der Waals surface area (Å²) >= 11 is 1.95. The van der Waals surface area contributed by atoms with E-state index in [1.165, 1.54) is 297 Å². The van der Waals surface area contributed by atoms with Crippen LogP contribution in [0.25, 0.3) is 67.5 Å². The van der Waals surface area contributed by atoms with Crippen molar-refractivity contribution >= 4 is 29.2 Å². The Kier molecular flexibility index (Phi) is 52.6. The van der Waals surface area contributed by atoms with E-state index in [2.05, 4.69) is 234 Å². The minimum atomic E-state index is -1.45. The number of hydrogen-bond donors (Lipinski definition) is 1. The van der Waals surface area contributed by atoms with Gasteiger partial charge in [0.15, 0.2) is 29.0 Å². The van der Waals surface area contributed by atoms with Gasteiger partial charge in [-0.1, -0.05) is 324 Å². The van der Waals surface area contributed by atoms with Crippen LogP contribution in [0.5, 0.6) is 17.2 Å². The molecule has 0 aliphatic carbocycles. The van der Waals surface area contributed by atoms with Gasteiger partial charge in [0.25, 0.3) is 0 Å². The molecule has 114 heavy (non-hydrogen) atoms. The van der Waals surface area contributed by atoms with E-state index in [-0.39, 0.29) is 13.2 Å². The Balaban J connectivity index is 0.000000293. The maximum atomic E-state index is 9.30. The Labute approximate surface area is 704 Å². The van der Waals surface area contributed by atoms with Gasteiger partial charge in [0, 0.05) is 22.0 Å². The molecular weight excluding hydrogens is 1520 g/mol. The third kappa shape index (κ3) is 39.9. The van der Waals surface area contributed by atoms with E-state index in [0.29, 0.717) is 12.4 Å². The quantitative estimate of drug-likeness (QED) is 0.0172. The topological polar surface area (TPSA) is 116 Å². The molecule has 6 aromatic carbocycles. The summed E-state index contributed by atoms with van der Waals surface area (Å²) in [4.78, 5) is 26.5. The number of unbranched alkanes of at least 4 members (excludes halogenated alkanes) is 28. The number of benzene rings is 6. The Hall–Kier alpha value is -7.54. The van der Waals surface area contributed by atoms with Gasteiger partial charge in [-0.05, 0) is 127 Å². The monoisotopic (exact) mass is 1670 g/mol. The second-order valence-electron chi connectivity index (χ2n) is 30.9. The molecule has 618 valence electrons. The molecule has 0 unspecified atom stereocenters. The minimum Gasteiger partial charge on any atom is -0.0584 e. The van der Waals surface area contributed by atoms with Crippen LogP contribution in [0.4, 0.5) is 0 Å². The molecule has 0 spiro atoms. The van der Waals surface area contributed by atoms with E-state index in [0.717, 1.165) is 71.0 Å². The van der Waals surface area contributed by atoms with E-state index in [1.54, 1.807) is 17.6 Å². The molecule has 9 nitrogen and oxygen atoms in total. The smallest absolute Gasteiger partial charge is 0.0584 e. The first kappa shape index (κ1) is 97.0. The van der Waals surface area contributed by atoms with Crippen LogP contribution in [0.1, 0.15) is 284 Å². The molecule has 0 aliphatic heterocycles. The van der Waals surface area contributed by atoms with E-state index in [4.69, 9.17) is 9.47 Å². The van der Waals surface area contributed by atoms with Gasteiger partial charge in [-0.15, -0.1) is 13.2 Å². The molecule has 11 heteroatoms. The summed E-state index contributed by atoms with van der Waals surface area (Å²) in [5.41, 5.74) is 14.6. The molecule has 0 radical (unpaired) electrons. The number of aromatic nitrogens is 6. The van der Waals surface area contributed by atoms with Crippen LogP contribution in [0.3, 0.4) is 0 Å². The Morgan fingerprint density at radius 2 is 0.553 bits per heavy atom. The van der Waals surface area contributed by atoms with Crippen molar-refractivity contribution in [3.63, 3.8) is 0 Å². The fraction of sp³-hybridized carbons (Fsp3) is 0.495. The molecule has 1 N–H and O–H groups in total. The second kappa shape index (κ2) is 61.8. The number of aryl methyl sites for hydroxylation is 3. The summed E-state index contributed by atoms with van der Waals surface area (Å²) in [6.45, 7) is 23.0. The molecule has 3 heterocycles. The van der Waals surface area contributed by atoms with Gasteiger partial charge in [-0.3, -0.25) is 0 Å². The minimum absolute atomic E-state index is 0. The van der Waals surface area contributed by atoms with Crippen LogP contribution < -0.4 is 9.47 Å². The summed E-state index contributed by atoms with van der Waals surface area (Å²) in [6, 6.07) is 52.3. The van der Waals surface area contributed by atoms with Crippen LogP contribution in [0.2, 0.25) is 21.0 Å². The van der Waals surface area contributed by atoms with Gasteiger partial charge in [0.1, 0.15) is 0 Å². The zero-order chi connectivity index (χ0) is 80.3. The van der Waals surface area contributed by atoms with Crippen LogP contribution in [0, 0.1) is 0 Å². The number of nitrogens with zero attached hydrogens (tertiary/aromatic N) is 6. The number of ether oxygens (including phenoxy) is 2. The molecule has 0 saturated carbocycles. The van der Waals surface area contributed by atoms with Crippen molar-refractivity contribution in [2.24, 2.45) is 0 Å². The summed E-state index contributed by atoms with van der Waals surface area (Å²) < 4.78 is 11.7. The number of rotatable bonds is 54. The first-order valence-corrected chi connectivity index (χ1v) is 51.4. The fourth-order valence-electron chi connectivity index (χ4n) is 14.4. The van der Waals surface area contributed by atoms with Gasteiger partial charge >= 0.3 is 133 Å². The molecule has 0 fully saturated rings. The van der Waals surface area contributed by atoms with Crippen LogP contribution in [-0.4, -0.2) is 66.8 Å². The standard InChI is InChI=1S/C38H58GeN2O.C32H42N2O.C24H28N2O.C8H15Br.CH4/c1-5-9-10-11-14-17-20-33-21-23-34(24-22-33)35-25-27-36(28-26-35)38-40-31-37(32-41-38)42-30-19-16-13-12-15-18-29-39(6-2,7-3)8-4;1-3-5-7-9-11-13-15-27-16-18-28(19-17-27)29-20-22-30(23-21-29)32-33-25-31(26-34-32)35-24-14-12-10-8-6-4-2;1-2-3-4-5-6-7-8-19-9-11-20(12-10-19)21-13-15-22(16-14-21)24-25-17-23(27)18-26-24;1-2-3-4-5-6-7-8-9;/h21-28,31-32H,5-20,29-30H2,1-4H3;4,16-23,25-26H,2-3,5-15,24H2,1H3;9-18,27H,2-8H2,1H3;2H,1,3-8H2;1H4.